The molecule has 3 aromatic rings. The first-order valence-corrected chi connectivity index (χ1v) is 8.55. The van der Waals surface area contributed by atoms with Gasteiger partial charge in [0.25, 0.3) is 5.91 Å². The van der Waals surface area contributed by atoms with Crippen molar-refractivity contribution in [3.05, 3.63) is 95.4 Å². The van der Waals surface area contributed by atoms with E-state index < -0.39 is 23.6 Å². The first-order chi connectivity index (χ1) is 13.5. The van der Waals surface area contributed by atoms with Gasteiger partial charge in [0.05, 0.1) is 12.2 Å². The number of carbonyl (C=O) groups excluding carboxylic acids is 2. The Balaban J connectivity index is 1.63. The highest BCUT2D eigenvalue weighted by atomic mass is 19.1. The van der Waals surface area contributed by atoms with Gasteiger partial charge in [0, 0.05) is 17.5 Å². The summed E-state index contributed by atoms with van der Waals surface area (Å²) < 4.78 is 29.5. The minimum atomic E-state index is -0.636. The average molecular weight is 379 g/mol. The maximum atomic E-state index is 14.1. The maximum Gasteiger partial charge on any atom is 0.329 e. The van der Waals surface area contributed by atoms with Crippen molar-refractivity contribution in [1.82, 2.24) is 14.8 Å². The predicted molar refractivity (Wildman–Crippen MR) is 99.2 cm³/mol. The predicted octanol–water partition coefficient (Wildman–Crippen LogP) is 3.85. The summed E-state index contributed by atoms with van der Waals surface area (Å²) in [5, 5.41) is 2.49. The molecule has 0 spiro atoms. The van der Waals surface area contributed by atoms with E-state index in [-0.39, 0.29) is 17.8 Å². The molecule has 1 aromatic heterocycles. The SMILES string of the molecule is O=C1N/C(=C/c2cccn2-c2ccccc2F)C(=O)N1Cc1ccccc1F. The molecule has 1 saturated heterocycles. The lowest BCUT2D eigenvalue weighted by Crippen LogP contribution is -2.30. The minimum Gasteiger partial charge on any atom is -0.314 e. The van der Waals surface area contributed by atoms with Crippen LogP contribution in [0, 0.1) is 11.6 Å². The van der Waals surface area contributed by atoms with Crippen LogP contribution in [-0.2, 0) is 11.3 Å². The zero-order valence-electron chi connectivity index (χ0n) is 14.6. The van der Waals surface area contributed by atoms with E-state index in [1.54, 1.807) is 47.2 Å². The van der Waals surface area contributed by atoms with Crippen LogP contribution in [0.1, 0.15) is 11.3 Å². The summed E-state index contributed by atoms with van der Waals surface area (Å²) in [7, 11) is 0. The van der Waals surface area contributed by atoms with E-state index in [0.29, 0.717) is 11.4 Å². The number of carbonyl (C=O) groups is 2. The zero-order valence-corrected chi connectivity index (χ0v) is 14.6. The third-order valence-corrected chi connectivity index (χ3v) is 4.43. The van der Waals surface area contributed by atoms with Crippen LogP contribution >= 0.6 is 0 Å². The summed E-state index contributed by atoms with van der Waals surface area (Å²) in [6.45, 7) is -0.178. The van der Waals surface area contributed by atoms with Gasteiger partial charge >= 0.3 is 6.03 Å². The number of rotatable bonds is 4. The standard InChI is InChI=1S/C21H15F2N3O2/c22-16-8-2-1-6-14(16)13-26-20(27)18(24-21(26)28)12-15-7-5-11-25(15)19-10-4-3-9-17(19)23/h1-12H,13H2,(H,24,28)/b18-12+. The van der Waals surface area contributed by atoms with Crippen molar-refractivity contribution in [3.63, 3.8) is 0 Å². The Kier molecular flexibility index (Phi) is 4.49. The van der Waals surface area contributed by atoms with Crippen LogP contribution in [0.5, 0.6) is 0 Å². The van der Waals surface area contributed by atoms with Crippen LogP contribution in [0.4, 0.5) is 13.6 Å². The molecule has 0 radical (unpaired) electrons. The van der Waals surface area contributed by atoms with Gasteiger partial charge in [0.1, 0.15) is 17.3 Å². The number of hydrogen-bond donors (Lipinski definition) is 1. The van der Waals surface area contributed by atoms with Gasteiger partial charge < -0.3 is 9.88 Å². The Morgan fingerprint density at radius 3 is 2.36 bits per heavy atom. The number of halogens is 2. The van der Waals surface area contributed by atoms with Crippen LogP contribution in [0.3, 0.4) is 0 Å². The number of urea groups is 1. The van der Waals surface area contributed by atoms with Gasteiger partial charge in [-0.1, -0.05) is 30.3 Å². The molecule has 0 unspecified atom stereocenters. The molecule has 7 heteroatoms. The van der Waals surface area contributed by atoms with Crippen LogP contribution in [-0.4, -0.2) is 21.4 Å². The van der Waals surface area contributed by atoms with Crippen molar-refractivity contribution < 1.29 is 18.4 Å². The molecule has 2 heterocycles. The van der Waals surface area contributed by atoms with Gasteiger partial charge in [-0.25, -0.2) is 13.6 Å². The maximum absolute atomic E-state index is 14.1. The molecule has 0 atom stereocenters. The van der Waals surface area contributed by atoms with Crippen molar-refractivity contribution in [1.29, 1.82) is 0 Å². The molecule has 4 rings (SSSR count). The molecule has 1 aliphatic rings. The van der Waals surface area contributed by atoms with Crippen molar-refractivity contribution >= 4 is 18.0 Å². The van der Waals surface area contributed by atoms with Crippen LogP contribution in [0.2, 0.25) is 0 Å². The third kappa shape index (κ3) is 3.18. The molecule has 1 aliphatic heterocycles. The summed E-state index contributed by atoms with van der Waals surface area (Å²) in [6, 6.07) is 14.9. The number of nitrogens with one attached hydrogen (secondary N) is 1. The zero-order chi connectivity index (χ0) is 19.7. The Hall–Kier alpha value is -3.74. The lowest BCUT2D eigenvalue weighted by atomic mass is 10.2. The highest BCUT2D eigenvalue weighted by Gasteiger charge is 2.34. The van der Waals surface area contributed by atoms with Gasteiger partial charge in [0.15, 0.2) is 0 Å². The molecule has 0 aliphatic carbocycles. The average Bonchev–Trinajstić information content (AvgIpc) is 3.24. The smallest absolute Gasteiger partial charge is 0.314 e. The van der Waals surface area contributed by atoms with Gasteiger partial charge in [-0.2, -0.15) is 0 Å². The third-order valence-electron chi connectivity index (χ3n) is 4.43. The van der Waals surface area contributed by atoms with Crippen molar-refractivity contribution in [2.75, 3.05) is 0 Å². The van der Waals surface area contributed by atoms with E-state index in [1.165, 1.54) is 30.3 Å². The van der Waals surface area contributed by atoms with Crippen molar-refractivity contribution in [2.45, 2.75) is 6.54 Å². The fourth-order valence-electron chi connectivity index (χ4n) is 3.04. The van der Waals surface area contributed by atoms with Crippen LogP contribution in [0.15, 0.2) is 72.6 Å². The van der Waals surface area contributed by atoms with E-state index in [2.05, 4.69) is 5.32 Å². The highest BCUT2D eigenvalue weighted by molar-refractivity contribution is 6.13. The Bertz CT molecular complexity index is 1100. The second-order valence-electron chi connectivity index (χ2n) is 6.23. The summed E-state index contributed by atoms with van der Waals surface area (Å²) in [5.74, 6) is -1.48. The quantitative estimate of drug-likeness (QED) is 0.553. The molecule has 5 nitrogen and oxygen atoms in total. The second kappa shape index (κ2) is 7.11. The molecular formula is C21H15F2N3O2. The summed E-state index contributed by atoms with van der Waals surface area (Å²) in [5.41, 5.74) is 1.11. The number of aromatic nitrogens is 1. The molecule has 1 N–H and O–H groups in total. The molecular weight excluding hydrogens is 364 g/mol. The Morgan fingerprint density at radius 1 is 0.893 bits per heavy atom. The molecule has 1 fully saturated rings. The van der Waals surface area contributed by atoms with Crippen LogP contribution < -0.4 is 5.32 Å². The summed E-state index contributed by atoms with van der Waals surface area (Å²) in [4.78, 5) is 25.8. The van der Waals surface area contributed by atoms with E-state index in [4.69, 9.17) is 0 Å². The van der Waals surface area contributed by atoms with E-state index in [9.17, 15) is 18.4 Å². The van der Waals surface area contributed by atoms with E-state index >= 15 is 0 Å². The first kappa shape index (κ1) is 17.7. The van der Waals surface area contributed by atoms with Crippen molar-refractivity contribution in [2.24, 2.45) is 0 Å². The lowest BCUT2D eigenvalue weighted by molar-refractivity contribution is -0.123. The topological polar surface area (TPSA) is 54.3 Å². The largest absolute Gasteiger partial charge is 0.329 e. The van der Waals surface area contributed by atoms with E-state index in [1.807, 2.05) is 0 Å². The number of imide groups is 1. The van der Waals surface area contributed by atoms with Gasteiger partial charge in [-0.3, -0.25) is 9.69 Å². The van der Waals surface area contributed by atoms with Gasteiger partial charge in [0.2, 0.25) is 0 Å². The molecule has 0 saturated carbocycles. The number of hydrogen-bond acceptors (Lipinski definition) is 2. The number of benzene rings is 2. The van der Waals surface area contributed by atoms with E-state index in [0.717, 1.165) is 4.90 Å². The molecule has 2 aromatic carbocycles. The molecule has 0 bridgehead atoms. The fraction of sp³-hybridized carbons (Fsp3) is 0.0476. The number of amides is 3. The number of para-hydroxylation sites is 1. The molecule has 140 valence electrons. The van der Waals surface area contributed by atoms with Gasteiger partial charge in [-0.15, -0.1) is 0 Å². The second-order valence-corrected chi connectivity index (χ2v) is 6.23. The molecule has 3 amide bonds. The lowest BCUT2D eigenvalue weighted by Gasteiger charge is -2.12. The Labute approximate surface area is 159 Å². The van der Waals surface area contributed by atoms with Crippen LogP contribution in [0.25, 0.3) is 11.8 Å². The summed E-state index contributed by atoms with van der Waals surface area (Å²) >= 11 is 0. The molecule has 28 heavy (non-hydrogen) atoms. The Morgan fingerprint density at radius 2 is 1.61 bits per heavy atom. The normalized spacial score (nSPS) is 15.4. The highest BCUT2D eigenvalue weighted by Crippen LogP contribution is 2.21. The number of nitrogens with zero attached hydrogens (tertiary/aromatic N) is 2. The van der Waals surface area contributed by atoms with Crippen molar-refractivity contribution in [3.8, 4) is 5.69 Å². The first-order valence-electron chi connectivity index (χ1n) is 8.55. The minimum absolute atomic E-state index is 0.0395. The van der Waals surface area contributed by atoms with Gasteiger partial charge in [-0.05, 0) is 36.4 Å². The monoisotopic (exact) mass is 379 g/mol. The fourth-order valence-corrected chi connectivity index (χ4v) is 3.04. The summed E-state index contributed by atoms with van der Waals surface area (Å²) in [6.07, 6.45) is 3.12.